The summed E-state index contributed by atoms with van der Waals surface area (Å²) in [5, 5.41) is 3.05. The minimum absolute atomic E-state index is 0.0803. The average molecular weight is 250 g/mol. The largest absolute Gasteiger partial charge is 0.369 e. The Morgan fingerprint density at radius 1 is 1.11 bits per heavy atom. The van der Waals surface area contributed by atoms with E-state index in [0.29, 0.717) is 0 Å². The highest BCUT2D eigenvalue weighted by molar-refractivity contribution is 5.49. The van der Waals surface area contributed by atoms with Crippen molar-refractivity contribution in [3.8, 4) is 0 Å². The predicted octanol–water partition coefficient (Wildman–Crippen LogP) is 3.32. The van der Waals surface area contributed by atoms with Crippen LogP contribution in [0.4, 0.5) is 10.1 Å². The SMILES string of the molecule is CNCc1ccc(N2CCCCCCC2)c(F)c1. The first-order valence-electron chi connectivity index (χ1n) is 6.99. The first-order chi connectivity index (χ1) is 8.81. The molecule has 1 aromatic carbocycles. The summed E-state index contributed by atoms with van der Waals surface area (Å²) in [5.74, 6) is -0.0803. The quantitative estimate of drug-likeness (QED) is 0.885. The molecule has 0 atom stereocenters. The van der Waals surface area contributed by atoms with Gasteiger partial charge in [-0.3, -0.25) is 0 Å². The molecule has 0 unspecified atom stereocenters. The summed E-state index contributed by atoms with van der Waals surface area (Å²) in [4.78, 5) is 2.21. The van der Waals surface area contributed by atoms with Gasteiger partial charge in [-0.25, -0.2) is 4.39 Å². The second-order valence-corrected chi connectivity index (χ2v) is 5.07. The zero-order valence-corrected chi connectivity index (χ0v) is 11.2. The fraction of sp³-hybridized carbons (Fsp3) is 0.600. The number of halogens is 1. The summed E-state index contributed by atoms with van der Waals surface area (Å²) in [7, 11) is 1.88. The van der Waals surface area contributed by atoms with Crippen LogP contribution in [0.25, 0.3) is 0 Å². The smallest absolute Gasteiger partial charge is 0.146 e. The molecular weight excluding hydrogens is 227 g/mol. The molecule has 0 bridgehead atoms. The van der Waals surface area contributed by atoms with Crippen LogP contribution in [0.3, 0.4) is 0 Å². The fourth-order valence-corrected chi connectivity index (χ4v) is 2.61. The summed E-state index contributed by atoms with van der Waals surface area (Å²) in [5.41, 5.74) is 1.78. The van der Waals surface area contributed by atoms with Crippen LogP contribution >= 0.6 is 0 Å². The first kappa shape index (κ1) is 13.3. The van der Waals surface area contributed by atoms with Crippen LogP contribution in [0.5, 0.6) is 0 Å². The van der Waals surface area contributed by atoms with Gasteiger partial charge in [0.2, 0.25) is 0 Å². The van der Waals surface area contributed by atoms with Crippen LogP contribution in [-0.4, -0.2) is 20.1 Å². The number of benzene rings is 1. The van der Waals surface area contributed by atoms with E-state index in [9.17, 15) is 4.39 Å². The van der Waals surface area contributed by atoms with Crippen molar-refractivity contribution in [1.82, 2.24) is 5.32 Å². The fourth-order valence-electron chi connectivity index (χ4n) is 2.61. The van der Waals surface area contributed by atoms with Crippen molar-refractivity contribution in [3.05, 3.63) is 29.6 Å². The normalized spacial score (nSPS) is 17.3. The Balaban J connectivity index is 2.10. The molecule has 1 aliphatic heterocycles. The van der Waals surface area contributed by atoms with E-state index in [4.69, 9.17) is 0 Å². The van der Waals surface area contributed by atoms with Gasteiger partial charge in [-0.1, -0.05) is 25.3 Å². The van der Waals surface area contributed by atoms with E-state index in [2.05, 4.69) is 10.2 Å². The molecule has 0 spiro atoms. The van der Waals surface area contributed by atoms with Crippen molar-refractivity contribution in [2.24, 2.45) is 0 Å². The Bertz CT molecular complexity index is 371. The topological polar surface area (TPSA) is 15.3 Å². The van der Waals surface area contributed by atoms with E-state index >= 15 is 0 Å². The highest BCUT2D eigenvalue weighted by Gasteiger charge is 2.13. The minimum Gasteiger partial charge on any atom is -0.369 e. The second kappa shape index (κ2) is 6.74. The molecule has 2 rings (SSSR count). The van der Waals surface area contributed by atoms with Crippen molar-refractivity contribution in [2.75, 3.05) is 25.0 Å². The van der Waals surface area contributed by atoms with Crippen molar-refractivity contribution < 1.29 is 4.39 Å². The second-order valence-electron chi connectivity index (χ2n) is 5.07. The molecule has 1 saturated heterocycles. The van der Waals surface area contributed by atoms with Crippen LogP contribution in [0, 0.1) is 5.82 Å². The third-order valence-electron chi connectivity index (χ3n) is 3.59. The van der Waals surface area contributed by atoms with Crippen LogP contribution in [0.2, 0.25) is 0 Å². The number of anilines is 1. The molecule has 0 aliphatic carbocycles. The van der Waals surface area contributed by atoms with Crippen LogP contribution in [-0.2, 0) is 6.54 Å². The number of hydrogen-bond acceptors (Lipinski definition) is 2. The highest BCUT2D eigenvalue weighted by Crippen LogP contribution is 2.23. The molecule has 3 heteroatoms. The van der Waals surface area contributed by atoms with E-state index < -0.39 is 0 Å². The van der Waals surface area contributed by atoms with Gasteiger partial charge in [-0.15, -0.1) is 0 Å². The standard InChI is InChI=1S/C15H23FN2/c1-17-12-13-7-8-15(14(16)11-13)18-9-5-3-2-4-6-10-18/h7-8,11,17H,2-6,9-10,12H2,1H3. The van der Waals surface area contributed by atoms with Gasteiger partial charge < -0.3 is 10.2 Å². The lowest BCUT2D eigenvalue weighted by Crippen LogP contribution is -2.27. The van der Waals surface area contributed by atoms with Gasteiger partial charge in [0, 0.05) is 19.6 Å². The van der Waals surface area contributed by atoms with Crippen molar-refractivity contribution in [3.63, 3.8) is 0 Å². The summed E-state index contributed by atoms with van der Waals surface area (Å²) < 4.78 is 14.1. The lowest BCUT2D eigenvalue weighted by atomic mass is 10.1. The molecule has 100 valence electrons. The van der Waals surface area contributed by atoms with Crippen LogP contribution < -0.4 is 10.2 Å². The third-order valence-corrected chi connectivity index (χ3v) is 3.59. The van der Waals surface area contributed by atoms with E-state index in [0.717, 1.165) is 30.9 Å². The summed E-state index contributed by atoms with van der Waals surface area (Å²) >= 11 is 0. The van der Waals surface area contributed by atoms with Crippen LogP contribution in [0.15, 0.2) is 18.2 Å². The molecule has 1 heterocycles. The predicted molar refractivity (Wildman–Crippen MR) is 74.5 cm³/mol. The van der Waals surface area contributed by atoms with E-state index in [1.807, 2.05) is 19.2 Å². The molecule has 2 nitrogen and oxygen atoms in total. The zero-order valence-electron chi connectivity index (χ0n) is 11.2. The van der Waals surface area contributed by atoms with Gasteiger partial charge in [0.25, 0.3) is 0 Å². The number of hydrogen-bond donors (Lipinski definition) is 1. The summed E-state index contributed by atoms with van der Waals surface area (Å²) in [6, 6.07) is 5.61. The third kappa shape index (κ3) is 3.45. The Morgan fingerprint density at radius 3 is 2.39 bits per heavy atom. The monoisotopic (exact) mass is 250 g/mol. The summed E-state index contributed by atoms with van der Waals surface area (Å²) in [6.07, 6.45) is 6.23. The van der Waals surface area contributed by atoms with Gasteiger partial charge in [-0.05, 0) is 37.6 Å². The lowest BCUT2D eigenvalue weighted by Gasteiger charge is -2.27. The molecule has 1 aliphatic rings. The van der Waals surface area contributed by atoms with E-state index in [1.165, 1.54) is 32.1 Å². The Kier molecular flexibility index (Phi) is 5.00. The van der Waals surface area contributed by atoms with Crippen molar-refractivity contribution in [1.29, 1.82) is 0 Å². The maximum absolute atomic E-state index is 14.1. The van der Waals surface area contributed by atoms with Crippen LogP contribution in [0.1, 0.15) is 37.7 Å². The Morgan fingerprint density at radius 2 is 1.78 bits per heavy atom. The number of rotatable bonds is 3. The van der Waals surface area contributed by atoms with E-state index in [1.54, 1.807) is 6.07 Å². The molecule has 1 N–H and O–H groups in total. The van der Waals surface area contributed by atoms with Gasteiger partial charge in [0.05, 0.1) is 5.69 Å². The molecule has 1 aromatic rings. The first-order valence-corrected chi connectivity index (χ1v) is 6.99. The van der Waals surface area contributed by atoms with Gasteiger partial charge in [-0.2, -0.15) is 0 Å². The highest BCUT2D eigenvalue weighted by atomic mass is 19.1. The molecule has 0 radical (unpaired) electrons. The summed E-state index contributed by atoms with van der Waals surface area (Å²) in [6.45, 7) is 2.70. The minimum atomic E-state index is -0.0803. The Hall–Kier alpha value is -1.09. The average Bonchev–Trinajstić information content (AvgIpc) is 2.30. The zero-order chi connectivity index (χ0) is 12.8. The maximum Gasteiger partial charge on any atom is 0.146 e. The molecule has 18 heavy (non-hydrogen) atoms. The van der Waals surface area contributed by atoms with Crippen molar-refractivity contribution in [2.45, 2.75) is 38.6 Å². The van der Waals surface area contributed by atoms with Gasteiger partial charge in [0.1, 0.15) is 5.82 Å². The Labute approximate surface area is 109 Å². The van der Waals surface area contributed by atoms with Gasteiger partial charge in [0.15, 0.2) is 0 Å². The van der Waals surface area contributed by atoms with Gasteiger partial charge >= 0.3 is 0 Å². The lowest BCUT2D eigenvalue weighted by molar-refractivity contribution is 0.544. The number of nitrogens with one attached hydrogen (secondary N) is 1. The molecule has 0 amide bonds. The maximum atomic E-state index is 14.1. The molecule has 0 aromatic heterocycles. The van der Waals surface area contributed by atoms with Crippen molar-refractivity contribution >= 4 is 5.69 Å². The molecule has 0 saturated carbocycles. The molecular formula is C15H23FN2. The molecule has 1 fully saturated rings. The van der Waals surface area contributed by atoms with E-state index in [-0.39, 0.29) is 5.82 Å². The number of nitrogens with zero attached hydrogens (tertiary/aromatic N) is 1.